The van der Waals surface area contributed by atoms with Crippen molar-refractivity contribution >= 4 is 22.7 Å². The van der Waals surface area contributed by atoms with Crippen molar-refractivity contribution in [2.24, 2.45) is 4.99 Å². The van der Waals surface area contributed by atoms with Crippen LogP contribution in [0.3, 0.4) is 0 Å². The summed E-state index contributed by atoms with van der Waals surface area (Å²) in [7, 11) is 0. The van der Waals surface area contributed by atoms with E-state index in [9.17, 15) is 4.79 Å². The standard InChI is InChI=1S/C13H11NO3/c15-11(7-13-14-5-6-16-13)10-8-17-12-4-2-1-3-9(10)12/h1-4,8H,5-7H2. The molecule has 0 fully saturated rings. The van der Waals surface area contributed by atoms with Gasteiger partial charge in [0.05, 0.1) is 18.5 Å². The first-order chi connectivity index (χ1) is 8.34. The SMILES string of the molecule is O=C(CC1=NCCO1)c1coc2ccccc12. The lowest BCUT2D eigenvalue weighted by Gasteiger charge is -1.99. The smallest absolute Gasteiger partial charge is 0.191 e. The Morgan fingerprint density at radius 3 is 3.06 bits per heavy atom. The molecule has 1 aromatic heterocycles. The van der Waals surface area contributed by atoms with Crippen LogP contribution < -0.4 is 0 Å². The molecular formula is C13H11NO3. The highest BCUT2D eigenvalue weighted by Crippen LogP contribution is 2.22. The fraction of sp³-hybridized carbons (Fsp3) is 0.231. The number of fused-ring (bicyclic) bond motifs is 1. The molecule has 3 rings (SSSR count). The number of rotatable bonds is 3. The Kier molecular flexibility index (Phi) is 2.40. The molecule has 0 aliphatic carbocycles. The lowest BCUT2D eigenvalue weighted by molar-refractivity contribution is 0.0995. The van der Waals surface area contributed by atoms with Crippen LogP contribution in [0.25, 0.3) is 11.0 Å². The maximum atomic E-state index is 12.1. The van der Waals surface area contributed by atoms with E-state index in [1.165, 1.54) is 6.26 Å². The zero-order valence-electron chi connectivity index (χ0n) is 9.18. The fourth-order valence-electron chi connectivity index (χ4n) is 1.91. The Morgan fingerprint density at radius 1 is 1.35 bits per heavy atom. The third-order valence-corrected chi connectivity index (χ3v) is 2.74. The fourth-order valence-corrected chi connectivity index (χ4v) is 1.91. The molecular weight excluding hydrogens is 218 g/mol. The summed E-state index contributed by atoms with van der Waals surface area (Å²) >= 11 is 0. The van der Waals surface area contributed by atoms with Gasteiger partial charge in [0.1, 0.15) is 18.5 Å². The zero-order chi connectivity index (χ0) is 11.7. The minimum atomic E-state index is -0.0180. The summed E-state index contributed by atoms with van der Waals surface area (Å²) in [5.41, 5.74) is 1.32. The third-order valence-electron chi connectivity index (χ3n) is 2.74. The van der Waals surface area contributed by atoms with Gasteiger partial charge in [0, 0.05) is 5.39 Å². The van der Waals surface area contributed by atoms with E-state index in [2.05, 4.69) is 4.99 Å². The molecule has 0 bridgehead atoms. The van der Waals surface area contributed by atoms with Gasteiger partial charge in [-0.3, -0.25) is 9.79 Å². The Hall–Kier alpha value is -2.10. The van der Waals surface area contributed by atoms with E-state index < -0.39 is 0 Å². The highest BCUT2D eigenvalue weighted by Gasteiger charge is 2.18. The summed E-state index contributed by atoms with van der Waals surface area (Å²) in [6.45, 7) is 1.23. The van der Waals surface area contributed by atoms with Gasteiger partial charge >= 0.3 is 0 Å². The largest absolute Gasteiger partial charge is 0.479 e. The van der Waals surface area contributed by atoms with Crippen molar-refractivity contribution in [1.29, 1.82) is 0 Å². The van der Waals surface area contributed by atoms with Crippen LogP contribution in [0.1, 0.15) is 16.8 Å². The monoisotopic (exact) mass is 229 g/mol. The van der Waals surface area contributed by atoms with Crippen LogP contribution in [-0.4, -0.2) is 24.8 Å². The van der Waals surface area contributed by atoms with Crippen LogP contribution in [0.15, 0.2) is 39.9 Å². The minimum Gasteiger partial charge on any atom is -0.479 e. The number of para-hydroxylation sites is 1. The average molecular weight is 229 g/mol. The summed E-state index contributed by atoms with van der Waals surface area (Å²) in [6, 6.07) is 7.49. The molecule has 4 nitrogen and oxygen atoms in total. The van der Waals surface area contributed by atoms with Gasteiger partial charge in [-0.25, -0.2) is 0 Å². The van der Waals surface area contributed by atoms with Crippen molar-refractivity contribution in [2.45, 2.75) is 6.42 Å². The molecule has 2 heterocycles. The van der Waals surface area contributed by atoms with E-state index in [-0.39, 0.29) is 12.2 Å². The van der Waals surface area contributed by atoms with Crippen molar-refractivity contribution in [3.8, 4) is 0 Å². The van der Waals surface area contributed by atoms with Crippen LogP contribution in [-0.2, 0) is 4.74 Å². The van der Waals surface area contributed by atoms with Crippen LogP contribution in [0.2, 0.25) is 0 Å². The Bertz CT molecular complexity index is 597. The minimum absolute atomic E-state index is 0.0180. The van der Waals surface area contributed by atoms with E-state index in [1.54, 1.807) is 0 Å². The van der Waals surface area contributed by atoms with Crippen molar-refractivity contribution in [3.05, 3.63) is 36.1 Å². The highest BCUT2D eigenvalue weighted by atomic mass is 16.5. The van der Waals surface area contributed by atoms with Gasteiger partial charge in [0.15, 0.2) is 11.7 Å². The second kappa shape index (κ2) is 4.05. The molecule has 0 unspecified atom stereocenters. The number of Topliss-reactive ketones (excluding diaryl/α,β-unsaturated/α-hetero) is 1. The molecule has 0 spiro atoms. The first-order valence-electron chi connectivity index (χ1n) is 5.50. The maximum Gasteiger partial charge on any atom is 0.191 e. The number of benzene rings is 1. The van der Waals surface area contributed by atoms with Crippen LogP contribution >= 0.6 is 0 Å². The van der Waals surface area contributed by atoms with E-state index in [0.29, 0.717) is 24.6 Å². The summed E-state index contributed by atoms with van der Waals surface area (Å²) in [6.07, 6.45) is 1.71. The second-order valence-corrected chi connectivity index (χ2v) is 3.87. The van der Waals surface area contributed by atoms with Crippen molar-refractivity contribution in [2.75, 3.05) is 13.2 Å². The Morgan fingerprint density at radius 2 is 2.24 bits per heavy atom. The molecule has 1 aliphatic heterocycles. The molecule has 0 amide bonds. The number of aliphatic imine (C=N–C) groups is 1. The number of ketones is 1. The van der Waals surface area contributed by atoms with Gasteiger partial charge in [-0.15, -0.1) is 0 Å². The number of ether oxygens (including phenoxy) is 1. The van der Waals surface area contributed by atoms with Gasteiger partial charge in [0.25, 0.3) is 0 Å². The summed E-state index contributed by atoms with van der Waals surface area (Å²) in [5, 5.41) is 0.844. The molecule has 0 saturated heterocycles. The van der Waals surface area contributed by atoms with Gasteiger partial charge in [0.2, 0.25) is 0 Å². The molecule has 2 aromatic rings. The summed E-state index contributed by atoms with van der Waals surface area (Å²) < 4.78 is 10.6. The highest BCUT2D eigenvalue weighted by molar-refractivity contribution is 6.13. The first kappa shape index (κ1) is 10.1. The molecule has 0 saturated carbocycles. The topological polar surface area (TPSA) is 51.8 Å². The van der Waals surface area contributed by atoms with Gasteiger partial charge in [-0.05, 0) is 6.07 Å². The maximum absolute atomic E-state index is 12.1. The molecule has 17 heavy (non-hydrogen) atoms. The quantitative estimate of drug-likeness (QED) is 0.759. The number of nitrogens with zero attached hydrogens (tertiary/aromatic N) is 1. The number of furan rings is 1. The van der Waals surface area contributed by atoms with E-state index >= 15 is 0 Å². The van der Waals surface area contributed by atoms with Gasteiger partial charge in [-0.1, -0.05) is 18.2 Å². The van der Waals surface area contributed by atoms with E-state index in [1.807, 2.05) is 24.3 Å². The van der Waals surface area contributed by atoms with Crippen LogP contribution in [0, 0.1) is 0 Å². The normalized spacial score (nSPS) is 14.7. The number of carbonyl (C=O) groups excluding carboxylic acids is 1. The lowest BCUT2D eigenvalue weighted by atomic mass is 10.1. The van der Waals surface area contributed by atoms with Crippen molar-refractivity contribution in [3.63, 3.8) is 0 Å². The van der Waals surface area contributed by atoms with Crippen LogP contribution in [0.5, 0.6) is 0 Å². The number of carbonyl (C=O) groups is 1. The molecule has 4 heteroatoms. The molecule has 0 radical (unpaired) electrons. The Balaban J connectivity index is 1.90. The van der Waals surface area contributed by atoms with Gasteiger partial charge < -0.3 is 9.15 Å². The molecule has 1 aromatic carbocycles. The predicted molar refractivity (Wildman–Crippen MR) is 63.4 cm³/mol. The molecule has 0 N–H and O–H groups in total. The van der Waals surface area contributed by atoms with Crippen molar-refractivity contribution in [1.82, 2.24) is 0 Å². The molecule has 0 atom stereocenters. The molecule has 1 aliphatic rings. The average Bonchev–Trinajstić information content (AvgIpc) is 2.96. The van der Waals surface area contributed by atoms with E-state index in [0.717, 1.165) is 11.0 Å². The zero-order valence-corrected chi connectivity index (χ0v) is 9.18. The second-order valence-electron chi connectivity index (χ2n) is 3.87. The Labute approximate surface area is 97.9 Å². The summed E-state index contributed by atoms with van der Waals surface area (Å²) in [4.78, 5) is 16.2. The lowest BCUT2D eigenvalue weighted by Crippen LogP contribution is -2.08. The van der Waals surface area contributed by atoms with Crippen molar-refractivity contribution < 1.29 is 13.9 Å². The first-order valence-corrected chi connectivity index (χ1v) is 5.50. The van der Waals surface area contributed by atoms with Gasteiger partial charge in [-0.2, -0.15) is 0 Å². The third kappa shape index (κ3) is 1.82. The summed E-state index contributed by atoms with van der Waals surface area (Å²) in [5.74, 6) is 0.510. The van der Waals surface area contributed by atoms with E-state index in [4.69, 9.17) is 9.15 Å². The van der Waals surface area contributed by atoms with Crippen LogP contribution in [0.4, 0.5) is 0 Å². The number of hydrogen-bond acceptors (Lipinski definition) is 4. The number of hydrogen-bond donors (Lipinski definition) is 0. The molecule has 86 valence electrons. The predicted octanol–water partition coefficient (Wildman–Crippen LogP) is 2.43.